The first-order valence-electron chi connectivity index (χ1n) is 12.0. The topological polar surface area (TPSA) is 140 Å². The highest BCUT2D eigenvalue weighted by atomic mass is 35.5. The first kappa shape index (κ1) is 28.7. The van der Waals surface area contributed by atoms with Gasteiger partial charge in [-0.25, -0.2) is 9.59 Å². The highest BCUT2D eigenvalue weighted by molar-refractivity contribution is 6.30. The first-order valence-corrected chi connectivity index (χ1v) is 12.4. The molecule has 2 aromatic rings. The van der Waals surface area contributed by atoms with Crippen LogP contribution in [0, 0.1) is 0 Å². The van der Waals surface area contributed by atoms with Gasteiger partial charge in [0, 0.05) is 29.4 Å². The van der Waals surface area contributed by atoms with Crippen LogP contribution < -0.4 is 20.9 Å². The number of hydrogen-bond acceptors (Lipinski definition) is 8. The number of rotatable bonds is 6. The van der Waals surface area contributed by atoms with E-state index >= 15 is 0 Å². The van der Waals surface area contributed by atoms with Crippen LogP contribution in [-0.4, -0.2) is 63.5 Å². The number of benzene rings is 2. The fourth-order valence-corrected chi connectivity index (χ4v) is 4.65. The minimum absolute atomic E-state index is 0.0400. The fourth-order valence-electron chi connectivity index (χ4n) is 4.52. The van der Waals surface area contributed by atoms with Crippen molar-refractivity contribution in [1.82, 2.24) is 5.32 Å². The van der Waals surface area contributed by atoms with E-state index in [2.05, 4.69) is 17.6 Å². The number of nitrogens with zero attached hydrogens (tertiary/aromatic N) is 2. The SMILES string of the molecule is CCOC(=O)O[C@H]1CN(c2ccc(Cl)cc2)[C@@](C)(c2ccc(N3CCOCC3=O)cc2)C1.NC(=O)NC=O. The molecule has 0 aliphatic carbocycles. The number of imide groups is 1. The van der Waals surface area contributed by atoms with Crippen molar-refractivity contribution in [3.63, 3.8) is 0 Å². The standard InChI is InChI=1S/C24H27ClN2O5.C2H4N2O2/c1-3-31-23(29)32-21-14-24(2,27(15-21)20-10-6-18(25)7-11-20)17-4-8-19(9-5-17)26-12-13-30-16-22(26)28;3-2(6)4-1-5/h4-11,21H,3,12-16H2,1-2H3;1H,(H3,3,4,5,6)/t21-,24-;/m1./s1. The lowest BCUT2D eigenvalue weighted by atomic mass is 9.88. The summed E-state index contributed by atoms with van der Waals surface area (Å²) in [6, 6.07) is 14.8. The molecule has 204 valence electrons. The second kappa shape index (κ2) is 13.1. The maximum atomic E-state index is 12.2. The Bertz CT molecular complexity index is 1130. The molecule has 12 heteroatoms. The second-order valence-electron chi connectivity index (χ2n) is 8.76. The predicted molar refractivity (Wildman–Crippen MR) is 141 cm³/mol. The summed E-state index contributed by atoms with van der Waals surface area (Å²) in [5, 5.41) is 2.33. The lowest BCUT2D eigenvalue weighted by molar-refractivity contribution is -0.125. The zero-order valence-corrected chi connectivity index (χ0v) is 22.0. The van der Waals surface area contributed by atoms with Crippen molar-refractivity contribution in [3.05, 3.63) is 59.1 Å². The molecule has 0 radical (unpaired) electrons. The fraction of sp³-hybridized carbons (Fsp3) is 0.385. The number of primary amides is 1. The zero-order valence-electron chi connectivity index (χ0n) is 21.2. The number of ether oxygens (including phenoxy) is 3. The second-order valence-corrected chi connectivity index (χ2v) is 9.20. The molecule has 2 aromatic carbocycles. The Morgan fingerprint density at radius 3 is 2.39 bits per heavy atom. The molecule has 2 aliphatic heterocycles. The van der Waals surface area contributed by atoms with Gasteiger partial charge < -0.3 is 29.7 Å². The summed E-state index contributed by atoms with van der Waals surface area (Å²) >= 11 is 6.10. The van der Waals surface area contributed by atoms with Gasteiger partial charge in [-0.15, -0.1) is 0 Å². The molecular formula is C26H31ClN4O7. The Kier molecular flexibility index (Phi) is 9.91. The average Bonchev–Trinajstić information content (AvgIpc) is 3.22. The minimum Gasteiger partial charge on any atom is -0.435 e. The molecule has 0 saturated carbocycles. The van der Waals surface area contributed by atoms with Gasteiger partial charge in [0.1, 0.15) is 12.7 Å². The van der Waals surface area contributed by atoms with E-state index in [1.54, 1.807) is 17.1 Å². The number of urea groups is 1. The van der Waals surface area contributed by atoms with Gasteiger partial charge >= 0.3 is 12.2 Å². The van der Waals surface area contributed by atoms with Crippen molar-refractivity contribution < 1.29 is 33.4 Å². The monoisotopic (exact) mass is 546 g/mol. The number of amides is 4. The lowest BCUT2D eigenvalue weighted by Crippen LogP contribution is -2.42. The van der Waals surface area contributed by atoms with Crippen LogP contribution in [-0.2, 0) is 29.3 Å². The Hall–Kier alpha value is -3.83. The molecule has 2 aliphatic rings. The molecule has 0 unspecified atom stereocenters. The van der Waals surface area contributed by atoms with Gasteiger partial charge in [0.25, 0.3) is 5.91 Å². The van der Waals surface area contributed by atoms with Crippen molar-refractivity contribution >= 4 is 47.5 Å². The van der Waals surface area contributed by atoms with Gasteiger partial charge in [-0.05, 0) is 55.8 Å². The molecule has 3 N–H and O–H groups in total. The van der Waals surface area contributed by atoms with E-state index in [0.29, 0.717) is 31.1 Å². The van der Waals surface area contributed by atoms with Gasteiger partial charge in [-0.1, -0.05) is 23.7 Å². The number of halogens is 1. The smallest absolute Gasteiger partial charge is 0.435 e. The first-order chi connectivity index (χ1) is 18.2. The van der Waals surface area contributed by atoms with E-state index in [-0.39, 0.29) is 31.6 Å². The number of anilines is 2. The van der Waals surface area contributed by atoms with Crippen LogP contribution in [0.3, 0.4) is 0 Å². The number of carbonyl (C=O) groups is 4. The molecule has 2 saturated heterocycles. The highest BCUT2D eigenvalue weighted by Crippen LogP contribution is 2.43. The number of hydrogen-bond donors (Lipinski definition) is 2. The van der Waals surface area contributed by atoms with Gasteiger partial charge in [-0.2, -0.15) is 0 Å². The van der Waals surface area contributed by atoms with Crippen molar-refractivity contribution in [2.24, 2.45) is 5.73 Å². The molecule has 2 fully saturated rings. The normalized spacial score (nSPS) is 20.7. The Labute approximate surface area is 225 Å². The van der Waals surface area contributed by atoms with E-state index in [1.165, 1.54) is 0 Å². The summed E-state index contributed by atoms with van der Waals surface area (Å²) in [5.41, 5.74) is 6.89. The molecule has 4 rings (SSSR count). The van der Waals surface area contributed by atoms with E-state index in [4.69, 9.17) is 25.8 Å². The average molecular weight is 547 g/mol. The van der Waals surface area contributed by atoms with Crippen LogP contribution in [0.25, 0.3) is 0 Å². The van der Waals surface area contributed by atoms with Gasteiger partial charge in [0.2, 0.25) is 6.41 Å². The Morgan fingerprint density at radius 2 is 1.84 bits per heavy atom. The molecule has 11 nitrogen and oxygen atoms in total. The maximum Gasteiger partial charge on any atom is 0.508 e. The third-order valence-corrected chi connectivity index (χ3v) is 6.51. The minimum atomic E-state index is -0.829. The number of carbonyl (C=O) groups excluding carboxylic acids is 4. The van der Waals surface area contributed by atoms with Gasteiger partial charge in [0.15, 0.2) is 0 Å². The van der Waals surface area contributed by atoms with E-state index in [0.717, 1.165) is 16.9 Å². The van der Waals surface area contributed by atoms with Crippen LogP contribution in [0.15, 0.2) is 48.5 Å². The molecule has 0 aromatic heterocycles. The van der Waals surface area contributed by atoms with Gasteiger partial charge in [0.05, 0.1) is 25.3 Å². The largest absolute Gasteiger partial charge is 0.508 e. The van der Waals surface area contributed by atoms with Crippen molar-refractivity contribution in [2.75, 3.05) is 42.7 Å². The molecule has 2 heterocycles. The van der Waals surface area contributed by atoms with Gasteiger partial charge in [-0.3, -0.25) is 14.9 Å². The summed E-state index contributed by atoms with van der Waals surface area (Å²) in [4.78, 5) is 46.8. The summed E-state index contributed by atoms with van der Waals surface area (Å²) in [7, 11) is 0. The van der Waals surface area contributed by atoms with E-state index in [1.807, 2.05) is 48.5 Å². The van der Waals surface area contributed by atoms with Crippen molar-refractivity contribution in [2.45, 2.75) is 31.9 Å². The zero-order chi connectivity index (χ0) is 27.7. The molecule has 0 spiro atoms. The molecule has 38 heavy (non-hydrogen) atoms. The third kappa shape index (κ3) is 7.14. The molecular weight excluding hydrogens is 516 g/mol. The van der Waals surface area contributed by atoms with Crippen LogP contribution in [0.5, 0.6) is 0 Å². The van der Waals surface area contributed by atoms with Crippen LogP contribution in [0.2, 0.25) is 5.02 Å². The number of nitrogens with one attached hydrogen (secondary N) is 1. The van der Waals surface area contributed by atoms with E-state index in [9.17, 15) is 19.2 Å². The van der Waals surface area contributed by atoms with Crippen molar-refractivity contribution in [3.8, 4) is 0 Å². The van der Waals surface area contributed by atoms with Crippen molar-refractivity contribution in [1.29, 1.82) is 0 Å². The quantitative estimate of drug-likeness (QED) is 0.416. The molecule has 4 amide bonds. The summed E-state index contributed by atoms with van der Waals surface area (Å²) in [5.74, 6) is -0.0400. The number of morpholine rings is 1. The predicted octanol–water partition coefficient (Wildman–Crippen LogP) is 3.18. The Balaban J connectivity index is 0.000000599. The summed E-state index contributed by atoms with van der Waals surface area (Å²) in [6.45, 7) is 5.86. The van der Waals surface area contributed by atoms with Crippen LogP contribution in [0.4, 0.5) is 21.0 Å². The van der Waals surface area contributed by atoms with Crippen LogP contribution in [0.1, 0.15) is 25.8 Å². The van der Waals surface area contributed by atoms with Crippen LogP contribution >= 0.6 is 11.6 Å². The summed E-state index contributed by atoms with van der Waals surface area (Å²) in [6.07, 6.45) is -0.152. The number of nitrogens with two attached hydrogens (primary N) is 1. The lowest BCUT2D eigenvalue weighted by Gasteiger charge is -2.37. The maximum absolute atomic E-state index is 12.2. The highest BCUT2D eigenvalue weighted by Gasteiger charge is 2.45. The molecule has 2 atom stereocenters. The summed E-state index contributed by atoms with van der Waals surface area (Å²) < 4.78 is 15.8. The third-order valence-electron chi connectivity index (χ3n) is 6.26. The Morgan fingerprint density at radius 1 is 1.18 bits per heavy atom. The molecule has 0 bridgehead atoms. The van der Waals surface area contributed by atoms with E-state index < -0.39 is 17.7 Å².